The third-order valence-corrected chi connectivity index (χ3v) is 5.56. The predicted octanol–water partition coefficient (Wildman–Crippen LogP) is 1.86. The third-order valence-electron chi connectivity index (χ3n) is 5.56. The molecule has 0 bridgehead atoms. The summed E-state index contributed by atoms with van der Waals surface area (Å²) in [5, 5.41) is 7.12. The Kier molecular flexibility index (Phi) is 7.57. The zero-order valence-electron chi connectivity index (χ0n) is 18.2. The van der Waals surface area contributed by atoms with Crippen molar-refractivity contribution in [2.45, 2.75) is 45.1 Å². The number of hydrogen-bond donors (Lipinski definition) is 1. The van der Waals surface area contributed by atoms with Crippen molar-refractivity contribution in [3.63, 3.8) is 0 Å². The number of aromatic nitrogens is 3. The minimum atomic E-state index is -5.08. The Morgan fingerprint density at radius 2 is 1.79 bits per heavy atom. The molecule has 12 heteroatoms. The maximum Gasteiger partial charge on any atom is 0.490 e. The van der Waals surface area contributed by atoms with E-state index in [0.717, 1.165) is 31.7 Å². The van der Waals surface area contributed by atoms with Crippen LogP contribution in [0.1, 0.15) is 41.3 Å². The van der Waals surface area contributed by atoms with Gasteiger partial charge in [0, 0.05) is 38.9 Å². The first kappa shape index (κ1) is 24.5. The fourth-order valence-corrected chi connectivity index (χ4v) is 3.90. The maximum atomic E-state index is 12.9. The molecular weight excluding hydrogens is 443 g/mol. The monoisotopic (exact) mass is 469 g/mol. The second-order valence-corrected chi connectivity index (χ2v) is 8.02. The van der Waals surface area contributed by atoms with E-state index in [4.69, 9.17) is 14.9 Å². The molecule has 0 atom stereocenters. The van der Waals surface area contributed by atoms with Crippen LogP contribution < -0.4 is 5.56 Å². The second-order valence-electron chi connectivity index (χ2n) is 8.02. The smallest absolute Gasteiger partial charge is 0.475 e. The number of rotatable bonds is 3. The van der Waals surface area contributed by atoms with Gasteiger partial charge >= 0.3 is 12.1 Å². The van der Waals surface area contributed by atoms with Gasteiger partial charge in [0.05, 0.1) is 12.2 Å². The van der Waals surface area contributed by atoms with Crippen molar-refractivity contribution in [2.75, 3.05) is 19.6 Å². The Labute approximate surface area is 188 Å². The molecule has 0 unspecified atom stereocenters. The van der Waals surface area contributed by atoms with E-state index < -0.39 is 12.1 Å². The van der Waals surface area contributed by atoms with E-state index in [1.165, 1.54) is 12.8 Å². The molecule has 4 rings (SSSR count). The van der Waals surface area contributed by atoms with Gasteiger partial charge in [-0.15, -0.1) is 0 Å². The van der Waals surface area contributed by atoms with Gasteiger partial charge in [-0.25, -0.2) is 9.78 Å². The molecule has 180 valence electrons. The number of amides is 1. The molecule has 2 aliphatic rings. The van der Waals surface area contributed by atoms with Crippen LogP contribution in [0.2, 0.25) is 0 Å². The van der Waals surface area contributed by atoms with Gasteiger partial charge < -0.3 is 14.6 Å². The highest BCUT2D eigenvalue weighted by Crippen LogP contribution is 2.16. The summed E-state index contributed by atoms with van der Waals surface area (Å²) in [5.41, 5.74) is 1.47. The average molecular weight is 469 g/mol. The Morgan fingerprint density at radius 1 is 1.12 bits per heavy atom. The van der Waals surface area contributed by atoms with Gasteiger partial charge in [0.15, 0.2) is 0 Å². The predicted molar refractivity (Wildman–Crippen MR) is 111 cm³/mol. The largest absolute Gasteiger partial charge is 0.490 e. The van der Waals surface area contributed by atoms with Crippen LogP contribution in [0, 0.1) is 0 Å². The van der Waals surface area contributed by atoms with Crippen molar-refractivity contribution >= 4 is 11.9 Å². The van der Waals surface area contributed by atoms with E-state index in [0.29, 0.717) is 31.2 Å². The molecule has 1 fully saturated rings. The van der Waals surface area contributed by atoms with Gasteiger partial charge in [0.2, 0.25) is 0 Å². The first-order valence-electron chi connectivity index (χ1n) is 10.6. The summed E-state index contributed by atoms with van der Waals surface area (Å²) in [6, 6.07) is 5.37. The quantitative estimate of drug-likeness (QED) is 0.737. The lowest BCUT2D eigenvalue weighted by atomic mass is 10.3. The van der Waals surface area contributed by atoms with Crippen molar-refractivity contribution < 1.29 is 27.9 Å². The van der Waals surface area contributed by atoms with Crippen LogP contribution in [-0.4, -0.2) is 66.7 Å². The zero-order valence-corrected chi connectivity index (χ0v) is 18.2. The maximum absolute atomic E-state index is 12.9. The number of aryl methyl sites for hydroxylation is 1. The number of nitrogens with zero attached hydrogens (tertiary/aromatic N) is 5. The molecule has 1 amide bonds. The topological polar surface area (TPSA) is 101 Å². The second kappa shape index (κ2) is 10.2. The average Bonchev–Trinajstić information content (AvgIpc) is 3.34. The zero-order chi connectivity index (χ0) is 24.2. The normalized spacial score (nSPS) is 16.5. The van der Waals surface area contributed by atoms with Crippen LogP contribution in [-0.2, 0) is 31.5 Å². The fraction of sp³-hybridized carbons (Fsp3) is 0.524. The molecule has 1 saturated heterocycles. The lowest BCUT2D eigenvalue weighted by Crippen LogP contribution is -2.33. The standard InChI is InChI=1S/C19H25N5O2.C2HF3O2/c1-21-7-4-6-16(21)19(26)23-10-5-11-24-17(14-23)20-15(12-18(24)25)13-22-8-2-3-9-22;3-2(4,5)1(6)7/h4,6-7,12H,2-3,5,8-11,13-14H2,1H3;(H,6,7). The molecule has 33 heavy (non-hydrogen) atoms. The highest BCUT2D eigenvalue weighted by Gasteiger charge is 2.38. The molecule has 0 spiro atoms. The summed E-state index contributed by atoms with van der Waals surface area (Å²) in [4.78, 5) is 43.2. The highest BCUT2D eigenvalue weighted by atomic mass is 19.4. The van der Waals surface area contributed by atoms with Crippen LogP contribution in [0.25, 0.3) is 0 Å². The molecule has 0 aliphatic carbocycles. The summed E-state index contributed by atoms with van der Waals surface area (Å²) in [6.45, 7) is 4.48. The molecule has 0 aromatic carbocycles. The van der Waals surface area contributed by atoms with E-state index >= 15 is 0 Å². The Hall–Kier alpha value is -3.15. The minimum absolute atomic E-state index is 0.00244. The van der Waals surface area contributed by atoms with Crippen molar-refractivity contribution in [3.05, 3.63) is 52.0 Å². The number of halogens is 3. The molecule has 9 nitrogen and oxygen atoms in total. The lowest BCUT2D eigenvalue weighted by molar-refractivity contribution is -0.192. The molecule has 2 aliphatic heterocycles. The van der Waals surface area contributed by atoms with Crippen LogP contribution >= 0.6 is 0 Å². The van der Waals surface area contributed by atoms with Crippen molar-refractivity contribution in [1.29, 1.82) is 0 Å². The van der Waals surface area contributed by atoms with Gasteiger partial charge in [-0.1, -0.05) is 0 Å². The molecule has 2 aromatic heterocycles. The van der Waals surface area contributed by atoms with Gasteiger partial charge in [-0.3, -0.25) is 19.1 Å². The number of hydrogen-bond acceptors (Lipinski definition) is 5. The van der Waals surface area contributed by atoms with E-state index in [2.05, 4.69) is 4.90 Å². The van der Waals surface area contributed by atoms with Crippen molar-refractivity contribution in [3.8, 4) is 0 Å². The number of carboxylic acids is 1. The first-order valence-corrected chi connectivity index (χ1v) is 10.6. The number of carbonyl (C=O) groups excluding carboxylic acids is 1. The third kappa shape index (κ3) is 6.21. The Morgan fingerprint density at radius 3 is 2.36 bits per heavy atom. The number of fused-ring (bicyclic) bond motifs is 1. The van der Waals surface area contributed by atoms with E-state index in [9.17, 15) is 22.8 Å². The number of carboxylic acid groups (broad SMARTS) is 1. The molecule has 1 N–H and O–H groups in total. The number of alkyl halides is 3. The van der Waals surface area contributed by atoms with E-state index in [-0.39, 0.29) is 11.5 Å². The highest BCUT2D eigenvalue weighted by molar-refractivity contribution is 5.92. The lowest BCUT2D eigenvalue weighted by Gasteiger charge is -2.21. The summed E-state index contributed by atoms with van der Waals surface area (Å²) in [5.74, 6) is -2.07. The molecule has 0 radical (unpaired) electrons. The van der Waals surface area contributed by atoms with Gasteiger partial charge in [-0.05, 0) is 44.5 Å². The number of aliphatic carboxylic acids is 1. The summed E-state index contributed by atoms with van der Waals surface area (Å²) >= 11 is 0. The minimum Gasteiger partial charge on any atom is -0.475 e. The van der Waals surface area contributed by atoms with Crippen molar-refractivity contribution in [1.82, 2.24) is 23.9 Å². The SMILES string of the molecule is Cn1cccc1C(=O)N1CCCn2c(nc(CN3CCCC3)cc2=O)C1.O=C(O)C(F)(F)F. The number of likely N-dealkylation sites (tertiary alicyclic amines) is 1. The summed E-state index contributed by atoms with van der Waals surface area (Å²) in [6.07, 6.45) is -0.0299. The molecule has 0 saturated carbocycles. The van der Waals surface area contributed by atoms with Gasteiger partial charge in [-0.2, -0.15) is 13.2 Å². The van der Waals surface area contributed by atoms with E-state index in [1.807, 2.05) is 29.9 Å². The van der Waals surface area contributed by atoms with Crippen LogP contribution in [0.3, 0.4) is 0 Å². The molecule has 4 heterocycles. The van der Waals surface area contributed by atoms with E-state index in [1.54, 1.807) is 15.5 Å². The Bertz CT molecular complexity index is 1060. The Balaban J connectivity index is 0.000000383. The van der Waals surface area contributed by atoms with Crippen molar-refractivity contribution in [2.24, 2.45) is 7.05 Å². The van der Waals surface area contributed by atoms with Crippen LogP contribution in [0.15, 0.2) is 29.2 Å². The summed E-state index contributed by atoms with van der Waals surface area (Å²) in [7, 11) is 1.87. The molecule has 2 aromatic rings. The summed E-state index contributed by atoms with van der Waals surface area (Å²) < 4.78 is 35.3. The first-order chi connectivity index (χ1) is 15.6. The van der Waals surface area contributed by atoms with Crippen LogP contribution in [0.4, 0.5) is 13.2 Å². The fourth-order valence-electron chi connectivity index (χ4n) is 3.90. The number of carbonyl (C=O) groups is 2. The van der Waals surface area contributed by atoms with Gasteiger partial charge in [0.25, 0.3) is 11.5 Å². The van der Waals surface area contributed by atoms with Crippen LogP contribution in [0.5, 0.6) is 0 Å². The molecular formula is C21H26F3N5O4. The van der Waals surface area contributed by atoms with Gasteiger partial charge in [0.1, 0.15) is 11.5 Å².